The van der Waals surface area contributed by atoms with E-state index in [2.05, 4.69) is 53.8 Å². The standard InChI is InChI=1S/C40H62N2O7/c1-24(2)31-26(43)22-40(41-34(47)42-18-20-48-21-19-42)17-16-38(8)25(32(31)40)10-11-28-37(7)14-13-29(49-30(44)23-35(3,4)33(45)46)36(5,6)27(37)12-15-39(28,38)9/h24-25,27-29H,10-23H2,1-9H3,(H,41,47)(H,45,46)/t25?,27?,28?,29?,37?,38-,39?,40-/m1/s1. The minimum atomic E-state index is -1.16. The largest absolute Gasteiger partial charge is 0.481 e. The van der Waals surface area contributed by atoms with E-state index in [4.69, 9.17) is 9.47 Å². The highest BCUT2D eigenvalue weighted by Gasteiger charge is 2.70. The Balaban J connectivity index is 1.28. The SMILES string of the molecule is CC(C)C1=C2C3CCC4C5(C)CCC(OC(=O)CC(C)(C)C(=O)O)C(C)(C)C5CCC4(C)[C@]3(C)CC[C@@]2(NC(=O)N2CCOCC2)CC1=O. The Bertz CT molecular complexity index is 1430. The highest BCUT2D eigenvalue weighted by atomic mass is 16.5. The average Bonchev–Trinajstić information content (AvgIpc) is 3.30. The number of nitrogens with zero attached hydrogens (tertiary/aromatic N) is 1. The Morgan fingerprint density at radius 1 is 0.939 bits per heavy atom. The van der Waals surface area contributed by atoms with Crippen molar-refractivity contribution in [3.63, 3.8) is 0 Å². The number of ketones is 1. The summed E-state index contributed by atoms with van der Waals surface area (Å²) in [7, 11) is 0. The Labute approximate surface area is 293 Å². The van der Waals surface area contributed by atoms with Crippen LogP contribution in [0.4, 0.5) is 4.79 Å². The first-order valence-electron chi connectivity index (χ1n) is 19.1. The molecule has 1 saturated heterocycles. The summed E-state index contributed by atoms with van der Waals surface area (Å²) in [4.78, 5) is 54.3. The molecule has 1 aliphatic heterocycles. The van der Waals surface area contributed by atoms with E-state index >= 15 is 0 Å². The second-order valence-electron chi connectivity index (χ2n) is 19.0. The molecule has 1 heterocycles. The van der Waals surface area contributed by atoms with Crippen molar-refractivity contribution in [2.75, 3.05) is 26.3 Å². The molecule has 0 spiro atoms. The summed E-state index contributed by atoms with van der Waals surface area (Å²) in [5.41, 5.74) is 0.284. The van der Waals surface area contributed by atoms with Crippen molar-refractivity contribution in [1.82, 2.24) is 10.2 Å². The molecule has 0 aromatic carbocycles. The molecule has 5 aliphatic carbocycles. The Morgan fingerprint density at radius 3 is 2.24 bits per heavy atom. The molecular weight excluding hydrogens is 620 g/mol. The van der Waals surface area contributed by atoms with Crippen LogP contribution in [0.5, 0.6) is 0 Å². The zero-order valence-electron chi connectivity index (χ0n) is 31.6. The van der Waals surface area contributed by atoms with Gasteiger partial charge in [0.15, 0.2) is 5.78 Å². The molecule has 0 aromatic rings. The van der Waals surface area contributed by atoms with Gasteiger partial charge in [-0.2, -0.15) is 0 Å². The number of carboxylic acid groups (broad SMARTS) is 1. The zero-order chi connectivity index (χ0) is 35.9. The van der Waals surface area contributed by atoms with Crippen LogP contribution in [0.15, 0.2) is 11.1 Å². The number of Topliss-reactive ketones (excluding diaryl/α,β-unsaturated/α-hetero) is 1. The Morgan fingerprint density at radius 2 is 1.61 bits per heavy atom. The summed E-state index contributed by atoms with van der Waals surface area (Å²) in [6.45, 7) is 21.8. The van der Waals surface area contributed by atoms with Crippen molar-refractivity contribution in [1.29, 1.82) is 0 Å². The summed E-state index contributed by atoms with van der Waals surface area (Å²) in [6, 6.07) is -0.0682. The maximum Gasteiger partial charge on any atom is 0.318 e. The van der Waals surface area contributed by atoms with Crippen LogP contribution in [0.25, 0.3) is 0 Å². The molecule has 5 fully saturated rings. The van der Waals surface area contributed by atoms with E-state index in [0.29, 0.717) is 44.6 Å². The maximum absolute atomic E-state index is 13.9. The van der Waals surface area contributed by atoms with Crippen molar-refractivity contribution >= 4 is 23.8 Å². The highest BCUT2D eigenvalue weighted by Crippen LogP contribution is 2.76. The van der Waals surface area contributed by atoms with Gasteiger partial charge in [0.05, 0.1) is 30.6 Å². The van der Waals surface area contributed by atoms with Crippen molar-refractivity contribution in [2.45, 2.75) is 138 Å². The fraction of sp³-hybridized carbons (Fsp3) is 0.850. The number of amides is 2. The molecule has 8 atom stereocenters. The van der Waals surface area contributed by atoms with Crippen molar-refractivity contribution in [3.8, 4) is 0 Å². The highest BCUT2D eigenvalue weighted by molar-refractivity contribution is 6.02. The van der Waals surface area contributed by atoms with Crippen LogP contribution in [0, 0.1) is 50.7 Å². The predicted molar refractivity (Wildman–Crippen MR) is 187 cm³/mol. The molecule has 0 aromatic heterocycles. The lowest BCUT2D eigenvalue weighted by Gasteiger charge is -2.72. The zero-order valence-corrected chi connectivity index (χ0v) is 31.6. The molecule has 6 unspecified atom stereocenters. The molecule has 9 heteroatoms. The molecule has 49 heavy (non-hydrogen) atoms. The number of ether oxygens (including phenoxy) is 2. The van der Waals surface area contributed by atoms with Gasteiger partial charge in [0.25, 0.3) is 0 Å². The molecule has 274 valence electrons. The molecule has 0 radical (unpaired) electrons. The minimum absolute atomic E-state index is 0.0208. The summed E-state index contributed by atoms with van der Waals surface area (Å²) in [5.74, 6) is -0.0163. The van der Waals surface area contributed by atoms with Crippen LogP contribution in [0.1, 0.15) is 127 Å². The minimum Gasteiger partial charge on any atom is -0.481 e. The van der Waals surface area contributed by atoms with Gasteiger partial charge in [-0.1, -0.05) is 48.5 Å². The van der Waals surface area contributed by atoms with Crippen molar-refractivity contribution in [2.24, 2.45) is 50.7 Å². The number of morpholine rings is 1. The van der Waals surface area contributed by atoms with Crippen molar-refractivity contribution < 1.29 is 33.8 Å². The van der Waals surface area contributed by atoms with Gasteiger partial charge in [0.2, 0.25) is 0 Å². The summed E-state index contributed by atoms with van der Waals surface area (Å²) in [6.07, 6.45) is 7.70. The first-order chi connectivity index (χ1) is 22.7. The van der Waals surface area contributed by atoms with Crippen LogP contribution in [-0.2, 0) is 23.9 Å². The van der Waals surface area contributed by atoms with E-state index < -0.39 is 22.9 Å². The summed E-state index contributed by atoms with van der Waals surface area (Å²) < 4.78 is 11.7. The van der Waals surface area contributed by atoms with E-state index in [-0.39, 0.29) is 57.8 Å². The van der Waals surface area contributed by atoms with Gasteiger partial charge in [-0.3, -0.25) is 14.4 Å². The normalized spacial score (nSPS) is 40.2. The van der Waals surface area contributed by atoms with Gasteiger partial charge in [0.1, 0.15) is 6.10 Å². The topological polar surface area (TPSA) is 122 Å². The number of carboxylic acids is 1. The van der Waals surface area contributed by atoms with Gasteiger partial charge in [-0.05, 0) is 116 Å². The number of hydrogen-bond donors (Lipinski definition) is 2. The number of fused-ring (bicyclic) bond motifs is 7. The number of carbonyl (C=O) groups is 4. The lowest BCUT2D eigenvalue weighted by atomic mass is 9.33. The molecule has 6 aliphatic rings. The molecule has 4 saturated carbocycles. The van der Waals surface area contributed by atoms with Crippen LogP contribution < -0.4 is 5.32 Å². The quantitative estimate of drug-likeness (QED) is 0.285. The number of rotatable bonds is 6. The molecule has 2 amide bonds. The Hall–Kier alpha value is -2.42. The summed E-state index contributed by atoms with van der Waals surface area (Å²) in [5, 5.41) is 13.1. The molecular formula is C40H62N2O7. The third kappa shape index (κ3) is 5.49. The number of esters is 1. The summed E-state index contributed by atoms with van der Waals surface area (Å²) >= 11 is 0. The third-order valence-electron chi connectivity index (χ3n) is 15.5. The van der Waals surface area contributed by atoms with Crippen LogP contribution >= 0.6 is 0 Å². The number of aliphatic carboxylic acids is 1. The van der Waals surface area contributed by atoms with E-state index in [1.165, 1.54) is 5.57 Å². The lowest BCUT2D eigenvalue weighted by Crippen LogP contribution is -2.67. The fourth-order valence-corrected chi connectivity index (χ4v) is 12.6. The predicted octanol–water partition coefficient (Wildman–Crippen LogP) is 7.17. The molecule has 2 N–H and O–H groups in total. The molecule has 6 rings (SSSR count). The number of allylic oxidation sites excluding steroid dienone is 1. The monoisotopic (exact) mass is 682 g/mol. The van der Waals surface area contributed by atoms with Gasteiger partial charge >= 0.3 is 18.0 Å². The lowest BCUT2D eigenvalue weighted by molar-refractivity contribution is -0.232. The van der Waals surface area contributed by atoms with E-state index in [0.717, 1.165) is 56.9 Å². The smallest absolute Gasteiger partial charge is 0.318 e. The maximum atomic E-state index is 13.9. The van der Waals surface area contributed by atoms with Crippen molar-refractivity contribution in [3.05, 3.63) is 11.1 Å². The van der Waals surface area contributed by atoms with Gasteiger partial charge in [-0.15, -0.1) is 0 Å². The second kappa shape index (κ2) is 12.1. The van der Waals surface area contributed by atoms with Crippen LogP contribution in [-0.4, -0.2) is 71.7 Å². The number of nitrogens with one attached hydrogen (secondary N) is 1. The third-order valence-corrected chi connectivity index (χ3v) is 15.5. The number of urea groups is 1. The first kappa shape index (κ1) is 36.4. The number of hydrogen-bond acceptors (Lipinski definition) is 6. The van der Waals surface area contributed by atoms with Gasteiger partial charge in [0, 0.05) is 24.9 Å². The van der Waals surface area contributed by atoms with Gasteiger partial charge < -0.3 is 24.8 Å². The van der Waals surface area contributed by atoms with E-state index in [1.807, 2.05) is 4.90 Å². The van der Waals surface area contributed by atoms with Crippen LogP contribution in [0.2, 0.25) is 0 Å². The fourth-order valence-electron chi connectivity index (χ4n) is 12.6. The van der Waals surface area contributed by atoms with E-state index in [9.17, 15) is 24.3 Å². The average molecular weight is 683 g/mol. The first-order valence-corrected chi connectivity index (χ1v) is 19.1. The van der Waals surface area contributed by atoms with E-state index in [1.54, 1.807) is 13.8 Å². The molecule has 9 nitrogen and oxygen atoms in total. The van der Waals surface area contributed by atoms with Crippen LogP contribution in [0.3, 0.4) is 0 Å². The Kier molecular flexibility index (Phi) is 8.97. The second-order valence-corrected chi connectivity index (χ2v) is 19.0. The molecule has 0 bridgehead atoms. The van der Waals surface area contributed by atoms with Gasteiger partial charge in [-0.25, -0.2) is 4.79 Å². The number of carbonyl (C=O) groups excluding carboxylic acids is 3.